The molecule has 1 saturated heterocycles. The van der Waals surface area contributed by atoms with Gasteiger partial charge in [0.15, 0.2) is 0 Å². The van der Waals surface area contributed by atoms with Gasteiger partial charge in [0.05, 0.1) is 18.1 Å². The number of nitrogens with zero attached hydrogens (tertiary/aromatic N) is 3. The van der Waals surface area contributed by atoms with Crippen LogP contribution in [-0.4, -0.2) is 40.8 Å². The van der Waals surface area contributed by atoms with E-state index >= 15 is 0 Å². The van der Waals surface area contributed by atoms with Crippen molar-refractivity contribution in [3.8, 4) is 5.88 Å². The second-order valence-corrected chi connectivity index (χ2v) is 4.50. The number of hydrogen-bond donors (Lipinski definition) is 1. The van der Waals surface area contributed by atoms with Crippen LogP contribution in [0.15, 0.2) is 6.20 Å². The van der Waals surface area contributed by atoms with Crippen molar-refractivity contribution >= 4 is 11.6 Å². The Hall–Kier alpha value is -1.96. The number of ether oxygens (including phenoxy) is 2. The average molecular weight is 282 g/mol. The van der Waals surface area contributed by atoms with Gasteiger partial charge in [-0.1, -0.05) is 6.92 Å². The lowest BCUT2D eigenvalue weighted by atomic mass is 10.1. The molecular formula is C12H18N4O4. The third-order valence-corrected chi connectivity index (χ3v) is 2.91. The van der Waals surface area contributed by atoms with Crippen LogP contribution in [-0.2, 0) is 4.74 Å². The molecule has 0 aliphatic carbocycles. The largest absolute Gasteiger partial charge is 0.469 e. The molecule has 8 nitrogen and oxygen atoms in total. The Bertz CT molecular complexity index is 463. The fraction of sp³-hybridized carbons (Fsp3) is 0.667. The predicted molar refractivity (Wildman–Crippen MR) is 71.9 cm³/mol. The van der Waals surface area contributed by atoms with Crippen LogP contribution >= 0.6 is 0 Å². The number of aromatic nitrogens is 2. The molecule has 8 heteroatoms. The molecule has 2 rings (SSSR count). The normalized spacial score (nSPS) is 15.8. The highest BCUT2D eigenvalue weighted by atomic mass is 16.6. The van der Waals surface area contributed by atoms with E-state index in [1.807, 2.05) is 6.92 Å². The molecule has 0 amide bonds. The Balaban J connectivity index is 2.14. The lowest BCUT2D eigenvalue weighted by Gasteiger charge is -2.22. The minimum Gasteiger partial charge on any atom is -0.469 e. The van der Waals surface area contributed by atoms with Crippen molar-refractivity contribution in [1.29, 1.82) is 0 Å². The maximum Gasteiger partial charge on any atom is 0.349 e. The van der Waals surface area contributed by atoms with Crippen molar-refractivity contribution < 1.29 is 14.4 Å². The zero-order chi connectivity index (χ0) is 14.4. The minimum atomic E-state index is -0.530. The molecule has 0 radical (unpaired) electrons. The summed E-state index contributed by atoms with van der Waals surface area (Å²) in [6, 6.07) is 0. The Morgan fingerprint density at radius 2 is 2.30 bits per heavy atom. The fourth-order valence-electron chi connectivity index (χ4n) is 1.85. The van der Waals surface area contributed by atoms with Crippen molar-refractivity contribution in [2.75, 3.05) is 25.1 Å². The van der Waals surface area contributed by atoms with E-state index in [-0.39, 0.29) is 17.7 Å². The molecule has 0 atom stereocenters. The Kier molecular flexibility index (Phi) is 5.05. The van der Waals surface area contributed by atoms with Gasteiger partial charge in [-0.2, -0.15) is 4.98 Å². The first-order chi connectivity index (χ1) is 9.70. The van der Waals surface area contributed by atoms with E-state index in [4.69, 9.17) is 9.47 Å². The number of anilines is 1. The molecule has 1 fully saturated rings. The van der Waals surface area contributed by atoms with Gasteiger partial charge >= 0.3 is 5.69 Å². The van der Waals surface area contributed by atoms with E-state index in [1.54, 1.807) is 0 Å². The molecule has 110 valence electrons. The summed E-state index contributed by atoms with van der Waals surface area (Å²) >= 11 is 0. The van der Waals surface area contributed by atoms with Crippen LogP contribution in [0.3, 0.4) is 0 Å². The topological polar surface area (TPSA) is 99.4 Å². The smallest absolute Gasteiger partial charge is 0.349 e. The summed E-state index contributed by atoms with van der Waals surface area (Å²) in [4.78, 5) is 18.5. The summed E-state index contributed by atoms with van der Waals surface area (Å²) in [5.74, 6) is 0.370. The molecular weight excluding hydrogens is 264 g/mol. The van der Waals surface area contributed by atoms with Gasteiger partial charge in [-0.3, -0.25) is 10.1 Å². The molecule has 0 unspecified atom stereocenters. The monoisotopic (exact) mass is 282 g/mol. The molecule has 1 aromatic heterocycles. The molecule has 0 aromatic carbocycles. The maximum atomic E-state index is 11.0. The van der Waals surface area contributed by atoms with Crippen molar-refractivity contribution in [2.24, 2.45) is 0 Å². The van der Waals surface area contributed by atoms with E-state index < -0.39 is 4.92 Å². The van der Waals surface area contributed by atoms with Gasteiger partial charge < -0.3 is 14.8 Å². The SMILES string of the molecule is CCCNc1ncc([N+](=O)[O-])c(OC2CCOCC2)n1. The van der Waals surface area contributed by atoms with E-state index in [2.05, 4.69) is 15.3 Å². The second kappa shape index (κ2) is 6.99. The first kappa shape index (κ1) is 14.4. The van der Waals surface area contributed by atoms with Gasteiger partial charge in [0.2, 0.25) is 5.95 Å². The molecule has 1 aromatic rings. The van der Waals surface area contributed by atoms with Crippen LogP contribution in [0.2, 0.25) is 0 Å². The second-order valence-electron chi connectivity index (χ2n) is 4.50. The molecule has 1 N–H and O–H groups in total. The van der Waals surface area contributed by atoms with Crippen molar-refractivity contribution in [3.63, 3.8) is 0 Å². The van der Waals surface area contributed by atoms with Crippen LogP contribution in [0.5, 0.6) is 5.88 Å². The number of rotatable bonds is 6. The maximum absolute atomic E-state index is 11.0. The standard InChI is InChI=1S/C12H18N4O4/c1-2-5-13-12-14-8-10(16(17)18)11(15-12)20-9-3-6-19-7-4-9/h8-9H,2-7H2,1H3,(H,13,14,15). The lowest BCUT2D eigenvalue weighted by Crippen LogP contribution is -2.26. The summed E-state index contributed by atoms with van der Waals surface area (Å²) in [6.45, 7) is 3.92. The fourth-order valence-corrected chi connectivity index (χ4v) is 1.85. The van der Waals surface area contributed by atoms with Crippen LogP contribution in [0.4, 0.5) is 11.6 Å². The first-order valence-electron chi connectivity index (χ1n) is 6.70. The van der Waals surface area contributed by atoms with Gasteiger partial charge in [-0.15, -0.1) is 0 Å². The van der Waals surface area contributed by atoms with Gasteiger partial charge in [0.25, 0.3) is 5.88 Å². The third-order valence-electron chi connectivity index (χ3n) is 2.91. The van der Waals surface area contributed by atoms with E-state index in [0.29, 0.717) is 38.5 Å². The van der Waals surface area contributed by atoms with Gasteiger partial charge in [0, 0.05) is 19.4 Å². The quantitative estimate of drug-likeness (QED) is 0.626. The molecule has 2 heterocycles. The van der Waals surface area contributed by atoms with E-state index in [9.17, 15) is 10.1 Å². The zero-order valence-corrected chi connectivity index (χ0v) is 11.4. The third kappa shape index (κ3) is 3.77. The summed E-state index contributed by atoms with van der Waals surface area (Å²) in [5, 5.41) is 14.0. The number of nitro groups is 1. The van der Waals surface area contributed by atoms with E-state index in [1.165, 1.54) is 6.20 Å². The highest BCUT2D eigenvalue weighted by Gasteiger charge is 2.24. The Labute approximate surface area is 116 Å². The lowest BCUT2D eigenvalue weighted by molar-refractivity contribution is -0.386. The van der Waals surface area contributed by atoms with Crippen LogP contribution < -0.4 is 10.1 Å². The molecule has 0 saturated carbocycles. The highest BCUT2D eigenvalue weighted by molar-refractivity contribution is 5.43. The molecule has 0 spiro atoms. The zero-order valence-electron chi connectivity index (χ0n) is 11.4. The summed E-state index contributed by atoms with van der Waals surface area (Å²) < 4.78 is 10.9. The van der Waals surface area contributed by atoms with Crippen LogP contribution in [0.25, 0.3) is 0 Å². The predicted octanol–water partition coefficient (Wildman–Crippen LogP) is 1.76. The van der Waals surface area contributed by atoms with Crippen LogP contribution in [0.1, 0.15) is 26.2 Å². The summed E-state index contributed by atoms with van der Waals surface area (Å²) in [7, 11) is 0. The van der Waals surface area contributed by atoms with Gasteiger partial charge in [0.1, 0.15) is 12.3 Å². The Morgan fingerprint density at radius 1 is 1.55 bits per heavy atom. The average Bonchev–Trinajstić information content (AvgIpc) is 2.46. The Morgan fingerprint density at radius 3 is 2.95 bits per heavy atom. The molecule has 1 aliphatic heterocycles. The molecule has 20 heavy (non-hydrogen) atoms. The van der Waals surface area contributed by atoms with E-state index in [0.717, 1.165) is 6.42 Å². The van der Waals surface area contributed by atoms with Crippen molar-refractivity contribution in [2.45, 2.75) is 32.3 Å². The van der Waals surface area contributed by atoms with Crippen molar-refractivity contribution in [1.82, 2.24) is 9.97 Å². The van der Waals surface area contributed by atoms with Gasteiger partial charge in [-0.25, -0.2) is 4.98 Å². The first-order valence-corrected chi connectivity index (χ1v) is 6.70. The molecule has 1 aliphatic rings. The summed E-state index contributed by atoms with van der Waals surface area (Å²) in [5.41, 5.74) is -0.210. The molecule has 0 bridgehead atoms. The summed E-state index contributed by atoms with van der Waals surface area (Å²) in [6.07, 6.45) is 3.41. The van der Waals surface area contributed by atoms with Crippen molar-refractivity contribution in [3.05, 3.63) is 16.3 Å². The highest BCUT2D eigenvalue weighted by Crippen LogP contribution is 2.27. The number of nitrogens with one attached hydrogen (secondary N) is 1. The van der Waals surface area contributed by atoms with Crippen LogP contribution in [0, 0.1) is 10.1 Å². The minimum absolute atomic E-state index is 0.0236. The number of hydrogen-bond acceptors (Lipinski definition) is 7. The van der Waals surface area contributed by atoms with Gasteiger partial charge in [-0.05, 0) is 6.42 Å².